The third-order valence-electron chi connectivity index (χ3n) is 6.22. The summed E-state index contributed by atoms with van der Waals surface area (Å²) in [5.41, 5.74) is -2.44. The molecular formula is C24H23ClF7NO2. The molecule has 35 heavy (non-hydrogen) atoms. The number of carbonyl (C=O) groups excluding carboxylic acids is 1. The van der Waals surface area contributed by atoms with E-state index in [9.17, 15) is 35.5 Å². The summed E-state index contributed by atoms with van der Waals surface area (Å²) in [5.74, 6) is -0.894. The molecule has 3 rings (SSSR count). The van der Waals surface area contributed by atoms with E-state index < -0.39 is 52.7 Å². The Hall–Kier alpha value is -2.17. The lowest BCUT2D eigenvalue weighted by molar-refractivity contribution is -0.143. The van der Waals surface area contributed by atoms with Crippen molar-refractivity contribution in [3.8, 4) is 0 Å². The lowest BCUT2D eigenvalue weighted by Gasteiger charge is -2.32. The van der Waals surface area contributed by atoms with Crippen molar-refractivity contribution in [2.24, 2.45) is 0 Å². The highest BCUT2D eigenvalue weighted by molar-refractivity contribution is 6.64. The van der Waals surface area contributed by atoms with Gasteiger partial charge in [-0.3, -0.25) is 9.69 Å². The van der Waals surface area contributed by atoms with Crippen molar-refractivity contribution in [2.45, 2.75) is 56.3 Å². The van der Waals surface area contributed by atoms with E-state index in [4.69, 9.17) is 16.3 Å². The van der Waals surface area contributed by atoms with E-state index in [1.165, 1.54) is 19.1 Å². The van der Waals surface area contributed by atoms with Gasteiger partial charge in [-0.2, -0.15) is 26.3 Å². The van der Waals surface area contributed by atoms with Crippen LogP contribution in [0.1, 0.15) is 54.0 Å². The van der Waals surface area contributed by atoms with Gasteiger partial charge in [0.05, 0.1) is 29.9 Å². The molecule has 1 fully saturated rings. The molecular weight excluding hydrogens is 503 g/mol. The van der Waals surface area contributed by atoms with E-state index in [-0.39, 0.29) is 24.2 Å². The fraction of sp³-hybridized carbons (Fsp3) is 0.458. The summed E-state index contributed by atoms with van der Waals surface area (Å²) in [6.45, 7) is 1.31. The first-order valence-corrected chi connectivity index (χ1v) is 11.1. The Balaban J connectivity index is 1.94. The molecule has 0 N–H and O–H groups in total. The molecule has 2 aromatic carbocycles. The predicted octanol–water partition coefficient (Wildman–Crippen LogP) is 6.95. The minimum atomic E-state index is -4.97. The van der Waals surface area contributed by atoms with Crippen LogP contribution < -0.4 is 0 Å². The molecule has 3 nitrogen and oxygen atoms in total. The average Bonchev–Trinajstić information content (AvgIpc) is 3.16. The fourth-order valence-electron chi connectivity index (χ4n) is 4.58. The Morgan fingerprint density at radius 3 is 2.06 bits per heavy atom. The maximum atomic E-state index is 13.5. The molecule has 0 spiro atoms. The molecule has 0 bridgehead atoms. The summed E-state index contributed by atoms with van der Waals surface area (Å²) in [5, 5.41) is -0.591. The summed E-state index contributed by atoms with van der Waals surface area (Å²) >= 11 is 5.52. The van der Waals surface area contributed by atoms with Crippen LogP contribution in [0.15, 0.2) is 42.5 Å². The van der Waals surface area contributed by atoms with Gasteiger partial charge in [-0.1, -0.05) is 12.1 Å². The first kappa shape index (κ1) is 27.4. The maximum absolute atomic E-state index is 13.5. The van der Waals surface area contributed by atoms with Gasteiger partial charge in [-0.25, -0.2) is 4.39 Å². The number of carbonyl (C=O) groups is 1. The van der Waals surface area contributed by atoms with Gasteiger partial charge in [0.2, 0.25) is 5.24 Å². The monoisotopic (exact) mass is 525 g/mol. The lowest BCUT2D eigenvalue weighted by Crippen LogP contribution is -2.38. The minimum absolute atomic E-state index is 0.0707. The first-order chi connectivity index (χ1) is 16.2. The van der Waals surface area contributed by atoms with Crippen LogP contribution >= 0.6 is 11.6 Å². The van der Waals surface area contributed by atoms with Crippen molar-refractivity contribution >= 4 is 16.8 Å². The van der Waals surface area contributed by atoms with Crippen LogP contribution in [0.4, 0.5) is 30.7 Å². The third-order valence-corrected chi connectivity index (χ3v) is 6.33. The predicted molar refractivity (Wildman–Crippen MR) is 115 cm³/mol. The molecule has 11 heteroatoms. The second kappa shape index (κ2) is 10.4. The van der Waals surface area contributed by atoms with Gasteiger partial charge in [-0.05, 0) is 79.9 Å². The first-order valence-electron chi connectivity index (χ1n) is 10.8. The van der Waals surface area contributed by atoms with Gasteiger partial charge in [-0.15, -0.1) is 0 Å². The molecule has 0 radical (unpaired) electrons. The van der Waals surface area contributed by atoms with Crippen LogP contribution in [0.5, 0.6) is 0 Å². The molecule has 1 aliphatic rings. The molecule has 0 aliphatic heterocycles. The summed E-state index contributed by atoms with van der Waals surface area (Å²) < 4.78 is 99.2. The second-order valence-corrected chi connectivity index (χ2v) is 9.07. The van der Waals surface area contributed by atoms with Gasteiger partial charge in [0.25, 0.3) is 0 Å². The Morgan fingerprint density at radius 2 is 1.57 bits per heavy atom. The number of alkyl halides is 6. The largest absolute Gasteiger partial charge is 0.416 e. The van der Waals surface area contributed by atoms with Crippen molar-refractivity contribution in [3.63, 3.8) is 0 Å². The zero-order valence-electron chi connectivity index (χ0n) is 18.8. The number of benzene rings is 2. The molecule has 0 heterocycles. The molecule has 0 amide bonds. The standard InChI is InChI=1S/C24H23ClF7NO2/c1-13(15-9-16(23(27,28)29)11-17(10-15)24(30,31)32)35-20-8-7-19(33(2)12-21(25)34)22(20)14-3-5-18(26)6-4-14/h3-6,9-11,13,19-20,22H,7-8,12H2,1-2H3. The smallest absolute Gasteiger partial charge is 0.370 e. The zero-order valence-corrected chi connectivity index (χ0v) is 19.5. The normalized spacial score (nSPS) is 22.0. The van der Waals surface area contributed by atoms with E-state index >= 15 is 0 Å². The van der Waals surface area contributed by atoms with Gasteiger partial charge in [0.1, 0.15) is 5.82 Å². The molecule has 0 saturated heterocycles. The lowest BCUT2D eigenvalue weighted by atomic mass is 9.91. The fourth-order valence-corrected chi connectivity index (χ4v) is 4.77. The van der Waals surface area contributed by atoms with Crippen LogP contribution in [0.3, 0.4) is 0 Å². The summed E-state index contributed by atoms with van der Waals surface area (Å²) in [7, 11) is 1.68. The molecule has 1 saturated carbocycles. The van der Waals surface area contributed by atoms with E-state index in [2.05, 4.69) is 0 Å². The Kier molecular flexibility index (Phi) is 8.18. The van der Waals surface area contributed by atoms with E-state index in [1.54, 1.807) is 24.1 Å². The van der Waals surface area contributed by atoms with Gasteiger partial charge in [0, 0.05) is 12.0 Å². The highest BCUT2D eigenvalue weighted by Crippen LogP contribution is 2.43. The number of hydrogen-bond acceptors (Lipinski definition) is 3. The summed E-state index contributed by atoms with van der Waals surface area (Å²) in [6.07, 6.45) is -10.7. The van der Waals surface area contributed by atoms with Gasteiger partial charge >= 0.3 is 12.4 Å². The zero-order chi connectivity index (χ0) is 26.1. The molecule has 4 unspecified atom stereocenters. The number of ether oxygens (including phenoxy) is 1. The number of halogens is 8. The number of likely N-dealkylation sites (N-methyl/N-ethyl adjacent to an activating group) is 1. The highest BCUT2D eigenvalue weighted by Gasteiger charge is 2.42. The number of hydrogen-bond donors (Lipinski definition) is 0. The van der Waals surface area contributed by atoms with Crippen LogP contribution in [0, 0.1) is 5.82 Å². The van der Waals surface area contributed by atoms with E-state index in [1.807, 2.05) is 0 Å². The van der Waals surface area contributed by atoms with Crippen LogP contribution in [0.25, 0.3) is 0 Å². The summed E-state index contributed by atoms with van der Waals surface area (Å²) in [6, 6.07) is 6.69. The van der Waals surface area contributed by atoms with Crippen molar-refractivity contribution < 1.29 is 40.3 Å². The third kappa shape index (κ3) is 6.74. The van der Waals surface area contributed by atoms with Crippen molar-refractivity contribution in [1.82, 2.24) is 4.90 Å². The second-order valence-electron chi connectivity index (χ2n) is 8.65. The molecule has 2 aromatic rings. The maximum Gasteiger partial charge on any atom is 0.416 e. The van der Waals surface area contributed by atoms with E-state index in [0.717, 1.165) is 0 Å². The van der Waals surface area contributed by atoms with E-state index in [0.29, 0.717) is 30.5 Å². The Labute approximate surface area is 202 Å². The SMILES string of the molecule is CC(OC1CCC(N(C)CC(=O)Cl)C1c1ccc(F)cc1)c1cc(C(F)(F)F)cc(C(F)(F)F)c1. The van der Waals surface area contributed by atoms with Crippen molar-refractivity contribution in [3.05, 3.63) is 70.5 Å². The molecule has 0 aromatic heterocycles. The van der Waals surface area contributed by atoms with Gasteiger partial charge in [0.15, 0.2) is 0 Å². The van der Waals surface area contributed by atoms with Crippen LogP contribution in [-0.4, -0.2) is 35.9 Å². The molecule has 1 aliphatic carbocycles. The summed E-state index contributed by atoms with van der Waals surface area (Å²) in [4.78, 5) is 13.1. The Bertz CT molecular complexity index is 1010. The quantitative estimate of drug-likeness (QED) is 0.289. The van der Waals surface area contributed by atoms with Crippen LogP contribution in [0.2, 0.25) is 0 Å². The minimum Gasteiger partial charge on any atom is -0.370 e. The van der Waals surface area contributed by atoms with Gasteiger partial charge < -0.3 is 4.74 Å². The number of nitrogens with zero attached hydrogens (tertiary/aromatic N) is 1. The molecule has 192 valence electrons. The van der Waals surface area contributed by atoms with Crippen molar-refractivity contribution in [1.29, 1.82) is 0 Å². The number of rotatable bonds is 7. The highest BCUT2D eigenvalue weighted by atomic mass is 35.5. The van der Waals surface area contributed by atoms with Crippen LogP contribution in [-0.2, 0) is 21.9 Å². The van der Waals surface area contributed by atoms with Crippen molar-refractivity contribution in [2.75, 3.05) is 13.6 Å². The molecule has 4 atom stereocenters. The topological polar surface area (TPSA) is 29.5 Å². The average molecular weight is 526 g/mol. The Morgan fingerprint density at radius 1 is 1.03 bits per heavy atom.